The SMILES string of the molecule is CC(=O)N1N=C(c2c(C)nc3ccc(Cl)cc3c2-c2ccccc2)CC1c1ccc(Cl)cc1. The van der Waals surface area contributed by atoms with Crippen LogP contribution in [0.15, 0.2) is 77.9 Å². The second-order valence-electron chi connectivity index (χ2n) is 8.16. The fraction of sp³-hybridized carbons (Fsp3) is 0.148. The van der Waals surface area contributed by atoms with Gasteiger partial charge in [0, 0.05) is 45.6 Å². The van der Waals surface area contributed by atoms with Gasteiger partial charge in [0.15, 0.2) is 0 Å². The number of hydrazone groups is 1. The highest BCUT2D eigenvalue weighted by molar-refractivity contribution is 6.31. The molecule has 1 amide bonds. The van der Waals surface area contributed by atoms with Crippen LogP contribution in [0.4, 0.5) is 0 Å². The average molecular weight is 474 g/mol. The molecule has 0 N–H and O–H groups in total. The van der Waals surface area contributed by atoms with Gasteiger partial charge in [0.05, 0.1) is 17.3 Å². The highest BCUT2D eigenvalue weighted by Gasteiger charge is 2.33. The summed E-state index contributed by atoms with van der Waals surface area (Å²) in [6, 6.07) is 23.3. The van der Waals surface area contributed by atoms with E-state index < -0.39 is 0 Å². The van der Waals surface area contributed by atoms with Crippen LogP contribution in [0.1, 0.15) is 36.2 Å². The van der Waals surface area contributed by atoms with Gasteiger partial charge < -0.3 is 0 Å². The number of nitrogens with zero attached hydrogens (tertiary/aromatic N) is 3. The summed E-state index contributed by atoms with van der Waals surface area (Å²) >= 11 is 12.5. The summed E-state index contributed by atoms with van der Waals surface area (Å²) in [6.07, 6.45) is 0.579. The maximum absolute atomic E-state index is 12.5. The smallest absolute Gasteiger partial charge is 0.240 e. The van der Waals surface area contributed by atoms with E-state index in [1.165, 1.54) is 0 Å². The highest BCUT2D eigenvalue weighted by atomic mass is 35.5. The first-order chi connectivity index (χ1) is 15.9. The van der Waals surface area contributed by atoms with Crippen LogP contribution in [0.25, 0.3) is 22.0 Å². The predicted molar refractivity (Wildman–Crippen MR) is 135 cm³/mol. The van der Waals surface area contributed by atoms with Crippen molar-refractivity contribution in [3.8, 4) is 11.1 Å². The van der Waals surface area contributed by atoms with Gasteiger partial charge in [-0.3, -0.25) is 9.78 Å². The third kappa shape index (κ3) is 4.01. The fourth-order valence-electron chi connectivity index (χ4n) is 4.51. The Bertz CT molecular complexity index is 1400. The number of rotatable bonds is 3. The number of aromatic nitrogens is 1. The van der Waals surface area contributed by atoms with Gasteiger partial charge >= 0.3 is 0 Å². The molecule has 6 heteroatoms. The molecule has 4 nitrogen and oxygen atoms in total. The average Bonchev–Trinajstić information content (AvgIpc) is 3.25. The molecule has 3 aromatic carbocycles. The summed E-state index contributed by atoms with van der Waals surface area (Å²) in [5, 5.41) is 8.64. The number of carbonyl (C=O) groups excluding carboxylic acids is 1. The van der Waals surface area contributed by atoms with Crippen LogP contribution < -0.4 is 0 Å². The molecule has 0 fully saturated rings. The van der Waals surface area contributed by atoms with E-state index in [1.54, 1.807) is 11.9 Å². The molecule has 1 unspecified atom stereocenters. The number of fused-ring (bicyclic) bond motifs is 1. The second kappa shape index (κ2) is 8.62. The van der Waals surface area contributed by atoms with Crippen LogP contribution in [0.3, 0.4) is 0 Å². The lowest BCUT2D eigenvalue weighted by atomic mass is 9.89. The zero-order valence-electron chi connectivity index (χ0n) is 18.2. The summed E-state index contributed by atoms with van der Waals surface area (Å²) in [6.45, 7) is 3.53. The van der Waals surface area contributed by atoms with Crippen molar-refractivity contribution in [1.29, 1.82) is 0 Å². The monoisotopic (exact) mass is 473 g/mol. The van der Waals surface area contributed by atoms with Crippen molar-refractivity contribution in [3.05, 3.63) is 99.7 Å². The quantitative estimate of drug-likeness (QED) is 0.315. The Kier molecular flexibility index (Phi) is 5.65. The van der Waals surface area contributed by atoms with Crippen LogP contribution in [-0.4, -0.2) is 21.6 Å². The minimum absolute atomic E-state index is 0.111. The Morgan fingerprint density at radius 1 is 0.939 bits per heavy atom. The number of hydrogen-bond acceptors (Lipinski definition) is 3. The third-order valence-electron chi connectivity index (χ3n) is 5.97. The molecule has 5 rings (SSSR count). The molecule has 4 aromatic rings. The van der Waals surface area contributed by atoms with Crippen LogP contribution in [0.2, 0.25) is 10.0 Å². The molecule has 2 heterocycles. The normalized spacial score (nSPS) is 15.7. The number of pyridine rings is 1. The van der Waals surface area contributed by atoms with Crippen molar-refractivity contribution in [2.75, 3.05) is 0 Å². The van der Waals surface area contributed by atoms with Gasteiger partial charge in [-0.05, 0) is 48.4 Å². The molecule has 0 saturated carbocycles. The lowest BCUT2D eigenvalue weighted by molar-refractivity contribution is -0.130. The van der Waals surface area contributed by atoms with Crippen molar-refractivity contribution in [1.82, 2.24) is 9.99 Å². The maximum Gasteiger partial charge on any atom is 0.240 e. The van der Waals surface area contributed by atoms with Crippen LogP contribution in [0.5, 0.6) is 0 Å². The highest BCUT2D eigenvalue weighted by Crippen LogP contribution is 2.40. The van der Waals surface area contributed by atoms with Gasteiger partial charge in [-0.2, -0.15) is 5.10 Å². The number of hydrogen-bond donors (Lipinski definition) is 0. The first kappa shape index (κ1) is 21.6. The predicted octanol–water partition coefficient (Wildman–Crippen LogP) is 7.21. The van der Waals surface area contributed by atoms with Gasteiger partial charge in [0.1, 0.15) is 0 Å². The number of benzene rings is 3. The molecule has 1 atom stereocenters. The fourth-order valence-corrected chi connectivity index (χ4v) is 4.81. The zero-order chi connectivity index (χ0) is 23.1. The number of aryl methyl sites for hydroxylation is 1. The lowest BCUT2D eigenvalue weighted by Gasteiger charge is -2.20. The second-order valence-corrected chi connectivity index (χ2v) is 9.03. The molecule has 1 aliphatic heterocycles. The maximum atomic E-state index is 12.5. The molecule has 1 aromatic heterocycles. The van der Waals surface area contributed by atoms with E-state index in [9.17, 15) is 4.79 Å². The molecule has 1 aliphatic rings. The summed E-state index contributed by atoms with van der Waals surface area (Å²) in [4.78, 5) is 17.4. The zero-order valence-corrected chi connectivity index (χ0v) is 19.7. The van der Waals surface area contributed by atoms with Gasteiger partial charge in [-0.25, -0.2) is 5.01 Å². The minimum atomic E-state index is -0.201. The molecular formula is C27H21Cl2N3O. The van der Waals surface area contributed by atoms with Crippen molar-refractivity contribution < 1.29 is 4.79 Å². The number of amides is 1. The Balaban J connectivity index is 1.73. The van der Waals surface area contributed by atoms with E-state index in [-0.39, 0.29) is 11.9 Å². The van der Waals surface area contributed by atoms with Crippen molar-refractivity contribution >= 4 is 45.7 Å². The molecule has 0 aliphatic carbocycles. The molecule has 0 bridgehead atoms. The largest absolute Gasteiger partial charge is 0.273 e. The molecule has 0 saturated heterocycles. The molecule has 0 radical (unpaired) electrons. The molecule has 33 heavy (non-hydrogen) atoms. The van der Waals surface area contributed by atoms with Crippen molar-refractivity contribution in [2.24, 2.45) is 5.10 Å². The van der Waals surface area contributed by atoms with Crippen molar-refractivity contribution in [2.45, 2.75) is 26.3 Å². The van der Waals surface area contributed by atoms with E-state index in [0.29, 0.717) is 16.5 Å². The Labute approximate surface area is 202 Å². The first-order valence-electron chi connectivity index (χ1n) is 10.7. The van der Waals surface area contributed by atoms with E-state index in [4.69, 9.17) is 33.3 Å². The van der Waals surface area contributed by atoms with Gasteiger partial charge in [-0.15, -0.1) is 0 Å². The molecule has 164 valence electrons. The summed E-state index contributed by atoms with van der Waals surface area (Å²) < 4.78 is 0. The third-order valence-corrected chi connectivity index (χ3v) is 6.45. The Hall–Kier alpha value is -3.21. The molecule has 0 spiro atoms. The number of carbonyl (C=O) groups is 1. The number of halogens is 2. The minimum Gasteiger partial charge on any atom is -0.273 e. The Morgan fingerprint density at radius 3 is 2.33 bits per heavy atom. The van der Waals surface area contributed by atoms with Gasteiger partial charge in [-0.1, -0.05) is 65.7 Å². The van der Waals surface area contributed by atoms with E-state index >= 15 is 0 Å². The van der Waals surface area contributed by atoms with Crippen LogP contribution in [0, 0.1) is 6.92 Å². The van der Waals surface area contributed by atoms with Gasteiger partial charge in [0.25, 0.3) is 0 Å². The summed E-state index contributed by atoms with van der Waals surface area (Å²) in [5.74, 6) is -0.111. The molecular weight excluding hydrogens is 453 g/mol. The topological polar surface area (TPSA) is 45.6 Å². The van der Waals surface area contributed by atoms with Gasteiger partial charge in [0.2, 0.25) is 5.91 Å². The van der Waals surface area contributed by atoms with Crippen molar-refractivity contribution in [3.63, 3.8) is 0 Å². The van der Waals surface area contributed by atoms with Crippen LogP contribution in [-0.2, 0) is 4.79 Å². The van der Waals surface area contributed by atoms with E-state index in [1.807, 2.05) is 67.6 Å². The standard InChI is InChI=1S/C27H21Cl2N3O/c1-16-26(24-15-25(32(31-24)17(2)33)18-8-10-20(28)11-9-18)27(19-6-4-3-5-7-19)22-14-21(29)12-13-23(22)30-16/h3-14,25H,15H2,1-2H3. The van der Waals surface area contributed by atoms with Crippen LogP contribution >= 0.6 is 23.2 Å². The first-order valence-corrected chi connectivity index (χ1v) is 11.5. The van der Waals surface area contributed by atoms with E-state index in [2.05, 4.69) is 12.1 Å². The lowest BCUT2D eigenvalue weighted by Crippen LogP contribution is -2.24. The Morgan fingerprint density at radius 2 is 1.64 bits per heavy atom. The van der Waals surface area contributed by atoms with E-state index in [0.717, 1.165) is 44.6 Å². The summed E-state index contributed by atoms with van der Waals surface area (Å²) in [7, 11) is 0. The summed E-state index contributed by atoms with van der Waals surface area (Å²) in [5.41, 5.74) is 6.58.